The molecule has 3 aromatic rings. The Labute approximate surface area is 150 Å². The summed E-state index contributed by atoms with van der Waals surface area (Å²) in [6.45, 7) is 8.59. The summed E-state index contributed by atoms with van der Waals surface area (Å²) in [6, 6.07) is 15.5. The lowest BCUT2D eigenvalue weighted by Crippen LogP contribution is -1.95. The second-order valence-corrected chi connectivity index (χ2v) is 7.04. The molecule has 0 bridgehead atoms. The average Bonchev–Trinajstić information content (AvgIpc) is 3.18. The van der Waals surface area contributed by atoms with E-state index in [0.717, 1.165) is 24.4 Å². The van der Waals surface area contributed by atoms with Crippen LogP contribution in [0.1, 0.15) is 46.3 Å². The minimum atomic E-state index is 0.949. The van der Waals surface area contributed by atoms with Gasteiger partial charge in [0.25, 0.3) is 0 Å². The van der Waals surface area contributed by atoms with E-state index in [1.165, 1.54) is 44.5 Å². The third-order valence-electron chi connectivity index (χ3n) is 5.40. The molecule has 0 saturated heterocycles. The summed E-state index contributed by atoms with van der Waals surface area (Å²) in [7, 11) is 0. The quantitative estimate of drug-likeness (QED) is 0.532. The van der Waals surface area contributed by atoms with Gasteiger partial charge in [0.15, 0.2) is 0 Å². The number of benzene rings is 2. The van der Waals surface area contributed by atoms with E-state index >= 15 is 0 Å². The van der Waals surface area contributed by atoms with Crippen LogP contribution in [-0.2, 0) is 12.8 Å². The lowest BCUT2D eigenvalue weighted by Gasteiger charge is -2.15. The molecule has 25 heavy (non-hydrogen) atoms. The summed E-state index contributed by atoms with van der Waals surface area (Å²) in [5.74, 6) is 2.03. The molecule has 0 spiro atoms. The van der Waals surface area contributed by atoms with E-state index in [4.69, 9.17) is 4.42 Å². The third-order valence-corrected chi connectivity index (χ3v) is 5.40. The van der Waals surface area contributed by atoms with Crippen molar-refractivity contribution in [1.82, 2.24) is 0 Å². The van der Waals surface area contributed by atoms with Crippen LogP contribution in [0.4, 0.5) is 0 Å². The van der Waals surface area contributed by atoms with Crippen molar-refractivity contribution in [2.45, 2.75) is 40.5 Å². The highest BCUT2D eigenvalue weighted by Gasteiger charge is 2.22. The molecule has 1 aliphatic rings. The highest BCUT2D eigenvalue weighted by Crippen LogP contribution is 2.41. The molecular weight excluding hydrogens is 304 g/mol. The minimum absolute atomic E-state index is 0.949. The Bertz CT molecular complexity index is 966. The predicted molar refractivity (Wildman–Crippen MR) is 106 cm³/mol. The number of fused-ring (bicyclic) bond motifs is 1. The van der Waals surface area contributed by atoms with Crippen molar-refractivity contribution < 1.29 is 4.42 Å². The van der Waals surface area contributed by atoms with E-state index in [0.29, 0.717) is 0 Å². The summed E-state index contributed by atoms with van der Waals surface area (Å²) in [4.78, 5) is 0. The van der Waals surface area contributed by atoms with Gasteiger partial charge in [-0.15, -0.1) is 0 Å². The summed E-state index contributed by atoms with van der Waals surface area (Å²) < 4.78 is 5.99. The second-order valence-electron chi connectivity index (χ2n) is 7.04. The molecule has 0 aliphatic heterocycles. The van der Waals surface area contributed by atoms with Crippen LogP contribution in [-0.4, -0.2) is 0 Å². The number of hydrogen-bond acceptors (Lipinski definition) is 1. The molecule has 1 heteroatoms. The maximum absolute atomic E-state index is 5.99. The summed E-state index contributed by atoms with van der Waals surface area (Å²) in [5, 5.41) is 0. The smallest absolute Gasteiger partial charge is 0.130 e. The SMILES string of the molecule is CCc1ccc2c(c1-c1ccccc1C)C=C(c1cc(C)c(C)o1)C2. The van der Waals surface area contributed by atoms with Gasteiger partial charge in [0.1, 0.15) is 11.5 Å². The molecule has 0 saturated carbocycles. The molecule has 1 aromatic heterocycles. The third kappa shape index (κ3) is 2.64. The molecule has 2 aromatic carbocycles. The van der Waals surface area contributed by atoms with E-state index in [2.05, 4.69) is 69.3 Å². The van der Waals surface area contributed by atoms with E-state index in [1.54, 1.807) is 0 Å². The molecular formula is C24H24O. The van der Waals surface area contributed by atoms with E-state index in [-0.39, 0.29) is 0 Å². The van der Waals surface area contributed by atoms with Crippen molar-refractivity contribution in [1.29, 1.82) is 0 Å². The first-order valence-electron chi connectivity index (χ1n) is 9.07. The number of aryl methyl sites for hydroxylation is 4. The molecule has 0 unspecified atom stereocenters. The molecule has 1 nitrogen and oxygen atoms in total. The van der Waals surface area contributed by atoms with Crippen LogP contribution in [0.25, 0.3) is 22.8 Å². The zero-order chi connectivity index (χ0) is 17.6. The normalized spacial score (nSPS) is 13.0. The van der Waals surface area contributed by atoms with Crippen molar-refractivity contribution in [3.05, 3.63) is 81.8 Å². The van der Waals surface area contributed by atoms with Gasteiger partial charge in [0.2, 0.25) is 0 Å². The van der Waals surface area contributed by atoms with E-state index < -0.39 is 0 Å². The molecule has 1 heterocycles. The largest absolute Gasteiger partial charge is 0.461 e. The van der Waals surface area contributed by atoms with Crippen LogP contribution in [0.2, 0.25) is 0 Å². The molecule has 0 atom stereocenters. The first kappa shape index (κ1) is 16.0. The van der Waals surface area contributed by atoms with Gasteiger partial charge in [-0.3, -0.25) is 0 Å². The molecule has 4 rings (SSSR count). The first-order chi connectivity index (χ1) is 12.1. The van der Waals surface area contributed by atoms with Gasteiger partial charge < -0.3 is 4.42 Å². The number of furan rings is 1. The van der Waals surface area contributed by atoms with Crippen LogP contribution >= 0.6 is 0 Å². The predicted octanol–water partition coefficient (Wildman–Crippen LogP) is 6.53. The maximum Gasteiger partial charge on any atom is 0.130 e. The van der Waals surface area contributed by atoms with Crippen molar-refractivity contribution in [3.63, 3.8) is 0 Å². The average molecular weight is 328 g/mol. The first-order valence-corrected chi connectivity index (χ1v) is 9.07. The van der Waals surface area contributed by atoms with Gasteiger partial charge in [-0.25, -0.2) is 0 Å². The van der Waals surface area contributed by atoms with Crippen LogP contribution in [0.3, 0.4) is 0 Å². The highest BCUT2D eigenvalue weighted by molar-refractivity contribution is 5.94. The number of hydrogen-bond donors (Lipinski definition) is 0. The standard InChI is InChI=1S/C24H24O/c1-5-18-10-11-19-13-20(23-12-16(3)17(4)25-23)14-22(19)24(18)21-9-7-6-8-15(21)2/h6-12,14H,5,13H2,1-4H3. The topological polar surface area (TPSA) is 13.1 Å². The van der Waals surface area contributed by atoms with Crippen molar-refractivity contribution in [3.8, 4) is 11.1 Å². The molecule has 0 fully saturated rings. The van der Waals surface area contributed by atoms with Gasteiger partial charge in [-0.05, 0) is 83.9 Å². The van der Waals surface area contributed by atoms with Crippen molar-refractivity contribution in [2.75, 3.05) is 0 Å². The second kappa shape index (κ2) is 6.07. The Balaban J connectivity index is 1.90. The van der Waals surface area contributed by atoms with E-state index in [1.807, 2.05) is 6.92 Å². The fourth-order valence-corrected chi connectivity index (χ4v) is 3.81. The van der Waals surface area contributed by atoms with Crippen molar-refractivity contribution in [2.24, 2.45) is 0 Å². The van der Waals surface area contributed by atoms with Crippen LogP contribution in [0.15, 0.2) is 46.9 Å². The van der Waals surface area contributed by atoms with Crippen LogP contribution in [0, 0.1) is 20.8 Å². The Kier molecular flexibility index (Phi) is 3.88. The molecule has 126 valence electrons. The number of rotatable bonds is 3. The van der Waals surface area contributed by atoms with Gasteiger partial charge in [0, 0.05) is 6.42 Å². The zero-order valence-electron chi connectivity index (χ0n) is 15.4. The highest BCUT2D eigenvalue weighted by atomic mass is 16.3. The molecule has 0 amide bonds. The lowest BCUT2D eigenvalue weighted by atomic mass is 9.89. The van der Waals surface area contributed by atoms with Gasteiger partial charge >= 0.3 is 0 Å². The summed E-state index contributed by atoms with van der Waals surface area (Å²) in [5.41, 5.74) is 10.8. The Morgan fingerprint density at radius 1 is 0.960 bits per heavy atom. The van der Waals surface area contributed by atoms with Gasteiger partial charge in [-0.2, -0.15) is 0 Å². The molecule has 1 aliphatic carbocycles. The van der Waals surface area contributed by atoms with Crippen LogP contribution in [0.5, 0.6) is 0 Å². The fourth-order valence-electron chi connectivity index (χ4n) is 3.81. The van der Waals surface area contributed by atoms with E-state index in [9.17, 15) is 0 Å². The molecule has 0 N–H and O–H groups in total. The zero-order valence-corrected chi connectivity index (χ0v) is 15.4. The Hall–Kier alpha value is -2.54. The van der Waals surface area contributed by atoms with Gasteiger partial charge in [0.05, 0.1) is 0 Å². The van der Waals surface area contributed by atoms with Gasteiger partial charge in [-0.1, -0.05) is 43.3 Å². The molecule has 0 radical (unpaired) electrons. The van der Waals surface area contributed by atoms with Crippen molar-refractivity contribution >= 4 is 11.6 Å². The number of allylic oxidation sites excluding steroid dienone is 1. The fraction of sp³-hybridized carbons (Fsp3) is 0.250. The lowest BCUT2D eigenvalue weighted by molar-refractivity contribution is 0.518. The minimum Gasteiger partial charge on any atom is -0.461 e. The monoisotopic (exact) mass is 328 g/mol. The summed E-state index contributed by atoms with van der Waals surface area (Å²) >= 11 is 0. The summed E-state index contributed by atoms with van der Waals surface area (Å²) in [6.07, 6.45) is 4.33. The Morgan fingerprint density at radius 2 is 1.76 bits per heavy atom. The Morgan fingerprint density at radius 3 is 2.44 bits per heavy atom. The maximum atomic E-state index is 5.99. The van der Waals surface area contributed by atoms with Crippen LogP contribution < -0.4 is 0 Å².